The van der Waals surface area contributed by atoms with Gasteiger partial charge in [0.2, 0.25) is 0 Å². The topological polar surface area (TPSA) is 95.5 Å². The smallest absolute Gasteiger partial charge is 0.323 e. The number of nitrogens with one attached hydrogen (secondary N) is 1. The van der Waals surface area contributed by atoms with Crippen LogP contribution in [-0.2, 0) is 9.36 Å². The Kier molecular flexibility index (Phi) is 5.68. The Hall–Kier alpha value is -2.62. The number of fused-ring (bicyclic) bond motifs is 1. The molecule has 13 heteroatoms. The molecule has 1 fully saturated rings. The van der Waals surface area contributed by atoms with Crippen molar-refractivity contribution >= 4 is 69.2 Å². The molecule has 0 aliphatic carbocycles. The van der Waals surface area contributed by atoms with E-state index in [0.29, 0.717) is 15.7 Å². The van der Waals surface area contributed by atoms with Gasteiger partial charge in [-0.3, -0.25) is 9.69 Å². The standard InChI is InChI=1S/C19H17ClF2N5O3PS/c1-26(10-5-4-9(21)14(20)15(10)22)18(28)11-7-23-19(29)27(11)13-6-12(31(2,3)30)16-17(25-13)32-8-24-16/h4-6,8,11H,7H2,1-3H3,(H,23,29)/t11-/m0/s1. The molecule has 168 valence electrons. The number of amides is 3. The van der Waals surface area contributed by atoms with Crippen LogP contribution in [0, 0.1) is 11.6 Å². The summed E-state index contributed by atoms with van der Waals surface area (Å²) in [5.74, 6) is -2.56. The lowest BCUT2D eigenvalue weighted by Crippen LogP contribution is -2.47. The molecule has 3 heterocycles. The number of hydrogen-bond donors (Lipinski definition) is 1. The molecule has 32 heavy (non-hydrogen) atoms. The van der Waals surface area contributed by atoms with Crippen molar-refractivity contribution in [3.8, 4) is 0 Å². The van der Waals surface area contributed by atoms with Crippen LogP contribution in [0.4, 0.5) is 25.1 Å². The highest BCUT2D eigenvalue weighted by atomic mass is 35.5. The highest BCUT2D eigenvalue weighted by Gasteiger charge is 2.41. The second-order valence-corrected chi connectivity index (χ2v) is 11.9. The normalized spacial score (nSPS) is 16.5. The first-order chi connectivity index (χ1) is 15.0. The Bertz CT molecular complexity index is 1310. The zero-order valence-corrected chi connectivity index (χ0v) is 19.6. The van der Waals surface area contributed by atoms with Gasteiger partial charge in [0.15, 0.2) is 5.82 Å². The zero-order valence-electron chi connectivity index (χ0n) is 17.1. The SMILES string of the molecule is CN(C(=O)[C@@H]1CNC(=O)N1c1cc(P(C)(C)=O)c2ncsc2n1)c1ccc(F)c(Cl)c1F. The number of carbonyl (C=O) groups excluding carboxylic acids is 2. The Morgan fingerprint density at radius 3 is 2.78 bits per heavy atom. The summed E-state index contributed by atoms with van der Waals surface area (Å²) in [5.41, 5.74) is 1.80. The summed E-state index contributed by atoms with van der Waals surface area (Å²) in [4.78, 5) is 37.1. The van der Waals surface area contributed by atoms with Gasteiger partial charge in [0, 0.05) is 18.9 Å². The number of thiazole rings is 1. The molecule has 1 atom stereocenters. The molecule has 1 aliphatic heterocycles. The van der Waals surface area contributed by atoms with Gasteiger partial charge in [0.25, 0.3) is 5.91 Å². The van der Waals surface area contributed by atoms with Crippen molar-refractivity contribution < 1.29 is 22.9 Å². The molecule has 3 aromatic rings. The molecular formula is C19H17ClF2N5O3PS. The van der Waals surface area contributed by atoms with E-state index in [1.165, 1.54) is 24.5 Å². The number of hydrogen-bond acceptors (Lipinski definition) is 6. The third-order valence-corrected chi connectivity index (χ3v) is 7.64. The predicted octanol–water partition coefficient (Wildman–Crippen LogP) is 3.43. The lowest BCUT2D eigenvalue weighted by molar-refractivity contribution is -0.119. The first-order valence-electron chi connectivity index (χ1n) is 9.28. The maximum Gasteiger partial charge on any atom is 0.323 e. The average molecular weight is 500 g/mol. The number of urea groups is 1. The van der Waals surface area contributed by atoms with Crippen molar-refractivity contribution in [2.45, 2.75) is 6.04 Å². The number of nitrogens with zero attached hydrogens (tertiary/aromatic N) is 4. The minimum Gasteiger partial charge on any atom is -0.335 e. The summed E-state index contributed by atoms with van der Waals surface area (Å²) >= 11 is 6.85. The molecule has 1 aromatic carbocycles. The molecule has 2 aromatic heterocycles. The van der Waals surface area contributed by atoms with Gasteiger partial charge in [-0.1, -0.05) is 11.6 Å². The summed E-state index contributed by atoms with van der Waals surface area (Å²) in [5, 5.41) is 2.29. The fourth-order valence-electron chi connectivity index (χ4n) is 3.44. The van der Waals surface area contributed by atoms with E-state index in [-0.39, 0.29) is 18.1 Å². The number of pyridine rings is 1. The van der Waals surface area contributed by atoms with Gasteiger partial charge in [0.05, 0.1) is 11.2 Å². The summed E-state index contributed by atoms with van der Waals surface area (Å²) in [7, 11) is -1.49. The van der Waals surface area contributed by atoms with Crippen molar-refractivity contribution in [2.75, 3.05) is 36.7 Å². The third kappa shape index (κ3) is 3.74. The molecule has 1 saturated heterocycles. The molecule has 3 amide bonds. The summed E-state index contributed by atoms with van der Waals surface area (Å²) in [6, 6.07) is 1.87. The minimum absolute atomic E-state index is 0.0633. The van der Waals surface area contributed by atoms with Crippen molar-refractivity contribution in [1.82, 2.24) is 15.3 Å². The fraction of sp³-hybridized carbons (Fsp3) is 0.263. The van der Waals surface area contributed by atoms with Gasteiger partial charge in [-0.05, 0) is 31.5 Å². The van der Waals surface area contributed by atoms with Crippen LogP contribution in [0.3, 0.4) is 0 Å². The molecule has 0 bridgehead atoms. The van der Waals surface area contributed by atoms with Gasteiger partial charge in [0.1, 0.15) is 40.2 Å². The van der Waals surface area contributed by atoms with Gasteiger partial charge in [-0.2, -0.15) is 0 Å². The molecule has 0 saturated carbocycles. The van der Waals surface area contributed by atoms with E-state index in [1.54, 1.807) is 18.8 Å². The highest BCUT2D eigenvalue weighted by molar-refractivity contribution is 7.70. The van der Waals surface area contributed by atoms with Crippen LogP contribution in [-0.4, -0.2) is 54.9 Å². The monoisotopic (exact) mass is 499 g/mol. The van der Waals surface area contributed by atoms with Crippen LogP contribution < -0.4 is 20.4 Å². The van der Waals surface area contributed by atoms with Crippen molar-refractivity contribution in [3.05, 3.63) is 40.4 Å². The van der Waals surface area contributed by atoms with Crippen LogP contribution in [0.5, 0.6) is 0 Å². The number of benzene rings is 1. The second kappa shape index (κ2) is 8.06. The molecule has 1 N–H and O–H groups in total. The van der Waals surface area contributed by atoms with Crippen LogP contribution in [0.25, 0.3) is 10.3 Å². The Labute approximate surface area is 190 Å². The molecule has 8 nitrogen and oxygen atoms in total. The number of carbonyl (C=O) groups is 2. The van der Waals surface area contributed by atoms with E-state index in [2.05, 4.69) is 15.3 Å². The van der Waals surface area contributed by atoms with E-state index in [9.17, 15) is 22.9 Å². The summed E-state index contributed by atoms with van der Waals surface area (Å²) in [6.07, 6.45) is 0. The molecule has 1 aliphatic rings. The summed E-state index contributed by atoms with van der Waals surface area (Å²) < 4.78 is 40.8. The number of halogens is 3. The zero-order chi connectivity index (χ0) is 23.4. The van der Waals surface area contributed by atoms with Crippen LogP contribution in [0.1, 0.15) is 0 Å². The van der Waals surface area contributed by atoms with E-state index >= 15 is 0 Å². The maximum atomic E-state index is 14.5. The second-order valence-electron chi connectivity index (χ2n) is 7.52. The van der Waals surface area contributed by atoms with Crippen LogP contribution >= 0.6 is 30.1 Å². The Morgan fingerprint density at radius 1 is 1.38 bits per heavy atom. The van der Waals surface area contributed by atoms with Gasteiger partial charge < -0.3 is 14.8 Å². The largest absolute Gasteiger partial charge is 0.335 e. The van der Waals surface area contributed by atoms with Gasteiger partial charge >= 0.3 is 6.03 Å². The predicted molar refractivity (Wildman–Crippen MR) is 121 cm³/mol. The van der Waals surface area contributed by atoms with E-state index in [1.807, 2.05) is 0 Å². The fourth-order valence-corrected chi connectivity index (χ4v) is 5.45. The maximum absolute atomic E-state index is 14.5. The molecule has 4 rings (SSSR count). The van der Waals surface area contributed by atoms with Crippen LogP contribution in [0.15, 0.2) is 23.7 Å². The Balaban J connectivity index is 1.76. The Morgan fingerprint density at radius 2 is 2.09 bits per heavy atom. The summed E-state index contributed by atoms with van der Waals surface area (Å²) in [6.45, 7) is 3.09. The van der Waals surface area contributed by atoms with E-state index in [4.69, 9.17) is 11.6 Å². The van der Waals surface area contributed by atoms with E-state index < -0.39 is 41.8 Å². The van der Waals surface area contributed by atoms with Gasteiger partial charge in [-0.15, -0.1) is 11.3 Å². The first-order valence-corrected chi connectivity index (χ1v) is 13.1. The van der Waals surface area contributed by atoms with E-state index in [0.717, 1.165) is 21.9 Å². The highest BCUT2D eigenvalue weighted by Crippen LogP contribution is 2.39. The molecule has 0 unspecified atom stereocenters. The quantitative estimate of drug-likeness (QED) is 0.438. The molecular weight excluding hydrogens is 483 g/mol. The number of aromatic nitrogens is 2. The molecule has 0 radical (unpaired) electrons. The first kappa shape index (κ1) is 22.6. The van der Waals surface area contributed by atoms with Gasteiger partial charge in [-0.25, -0.2) is 23.5 Å². The van der Waals surface area contributed by atoms with Crippen LogP contribution in [0.2, 0.25) is 5.02 Å². The number of rotatable bonds is 4. The average Bonchev–Trinajstić information content (AvgIpc) is 3.35. The molecule has 0 spiro atoms. The van der Waals surface area contributed by atoms with Crippen molar-refractivity contribution in [3.63, 3.8) is 0 Å². The number of likely N-dealkylation sites (N-methyl/N-ethyl adjacent to an activating group) is 1. The minimum atomic E-state index is -2.79. The lowest BCUT2D eigenvalue weighted by atomic mass is 10.2. The number of anilines is 2. The van der Waals surface area contributed by atoms with Crippen molar-refractivity contribution in [2.24, 2.45) is 0 Å². The van der Waals surface area contributed by atoms with Crippen molar-refractivity contribution in [1.29, 1.82) is 0 Å². The third-order valence-electron chi connectivity index (χ3n) is 5.07. The lowest BCUT2D eigenvalue weighted by Gasteiger charge is -2.27.